The van der Waals surface area contributed by atoms with Gasteiger partial charge in [-0.2, -0.15) is 5.26 Å². The molecule has 2 N–H and O–H groups in total. The number of hydrogen-bond acceptors (Lipinski definition) is 5. The summed E-state index contributed by atoms with van der Waals surface area (Å²) in [5.74, 6) is 0.962. The van der Waals surface area contributed by atoms with Crippen molar-refractivity contribution < 1.29 is 4.74 Å². The molecule has 5 nitrogen and oxygen atoms in total. The lowest BCUT2D eigenvalue weighted by atomic mass is 10.2. The third-order valence-corrected chi connectivity index (χ3v) is 2.80. The molecule has 0 aliphatic heterocycles. The third kappa shape index (κ3) is 2.22. The maximum atomic E-state index is 8.89. The summed E-state index contributed by atoms with van der Waals surface area (Å²) in [6, 6.07) is 14.3. The maximum absolute atomic E-state index is 8.89. The summed E-state index contributed by atoms with van der Waals surface area (Å²) in [5.41, 5.74) is 7.67. The first kappa shape index (κ1) is 11.9. The Bertz CT molecular complexity index is 823. The topological polar surface area (TPSA) is 84.8 Å². The minimum absolute atomic E-state index is 0.414. The van der Waals surface area contributed by atoms with Gasteiger partial charge in [-0.3, -0.25) is 0 Å². The molecular formula is C15H10N4O. The van der Waals surface area contributed by atoms with Crippen LogP contribution in [0.25, 0.3) is 10.9 Å². The van der Waals surface area contributed by atoms with Crippen LogP contribution in [0.15, 0.2) is 48.8 Å². The summed E-state index contributed by atoms with van der Waals surface area (Å²) in [7, 11) is 0. The van der Waals surface area contributed by atoms with Crippen molar-refractivity contribution >= 4 is 16.6 Å². The molecular weight excluding hydrogens is 252 g/mol. The molecule has 3 aromatic rings. The van der Waals surface area contributed by atoms with Crippen LogP contribution in [0, 0.1) is 11.3 Å². The Morgan fingerprint density at radius 3 is 2.85 bits per heavy atom. The fraction of sp³-hybridized carbons (Fsp3) is 0. The SMILES string of the molecule is N#Cc1cccc(Oc2ncnc3ccc(N)cc23)c1. The summed E-state index contributed by atoms with van der Waals surface area (Å²) >= 11 is 0. The molecule has 0 saturated carbocycles. The molecule has 0 aliphatic rings. The number of anilines is 1. The van der Waals surface area contributed by atoms with Gasteiger partial charge in [-0.15, -0.1) is 0 Å². The van der Waals surface area contributed by atoms with E-state index >= 15 is 0 Å². The van der Waals surface area contributed by atoms with Gasteiger partial charge in [0.15, 0.2) is 0 Å². The number of nitrogens with two attached hydrogens (primary N) is 1. The van der Waals surface area contributed by atoms with Gasteiger partial charge in [0.05, 0.1) is 22.5 Å². The summed E-state index contributed by atoms with van der Waals surface area (Å²) in [4.78, 5) is 8.29. The van der Waals surface area contributed by atoms with Gasteiger partial charge < -0.3 is 10.5 Å². The van der Waals surface area contributed by atoms with Crippen LogP contribution < -0.4 is 10.5 Å². The number of hydrogen-bond donors (Lipinski definition) is 1. The summed E-state index contributed by atoms with van der Waals surface area (Å²) in [6.45, 7) is 0. The molecule has 1 heterocycles. The highest BCUT2D eigenvalue weighted by atomic mass is 16.5. The average Bonchev–Trinajstić information content (AvgIpc) is 2.48. The Kier molecular flexibility index (Phi) is 2.90. The Morgan fingerprint density at radius 2 is 2.00 bits per heavy atom. The highest BCUT2D eigenvalue weighted by Crippen LogP contribution is 2.28. The minimum Gasteiger partial charge on any atom is -0.438 e. The molecule has 2 aromatic carbocycles. The number of ether oxygens (including phenoxy) is 1. The lowest BCUT2D eigenvalue weighted by Gasteiger charge is -2.07. The first-order valence-electron chi connectivity index (χ1n) is 5.94. The van der Waals surface area contributed by atoms with E-state index in [0.717, 1.165) is 10.9 Å². The second kappa shape index (κ2) is 4.86. The number of nitrogen functional groups attached to an aromatic ring is 1. The third-order valence-electron chi connectivity index (χ3n) is 2.80. The number of fused-ring (bicyclic) bond motifs is 1. The average molecular weight is 262 g/mol. The van der Waals surface area contributed by atoms with Gasteiger partial charge in [-0.25, -0.2) is 9.97 Å². The van der Waals surface area contributed by atoms with E-state index in [1.165, 1.54) is 6.33 Å². The van der Waals surface area contributed by atoms with Crippen LogP contribution in [0.4, 0.5) is 5.69 Å². The second-order valence-corrected chi connectivity index (χ2v) is 4.20. The number of nitriles is 1. The van der Waals surface area contributed by atoms with E-state index in [2.05, 4.69) is 16.0 Å². The van der Waals surface area contributed by atoms with Crippen molar-refractivity contribution in [3.63, 3.8) is 0 Å². The van der Waals surface area contributed by atoms with Gasteiger partial charge in [0.1, 0.15) is 12.1 Å². The van der Waals surface area contributed by atoms with Crippen molar-refractivity contribution in [2.75, 3.05) is 5.73 Å². The predicted octanol–water partition coefficient (Wildman–Crippen LogP) is 2.88. The molecule has 5 heteroatoms. The van der Waals surface area contributed by atoms with E-state index in [9.17, 15) is 0 Å². The Balaban J connectivity index is 2.06. The van der Waals surface area contributed by atoms with Crippen molar-refractivity contribution in [3.05, 3.63) is 54.4 Å². The van der Waals surface area contributed by atoms with E-state index < -0.39 is 0 Å². The van der Waals surface area contributed by atoms with Crippen molar-refractivity contribution in [3.8, 4) is 17.7 Å². The summed E-state index contributed by atoms with van der Waals surface area (Å²) in [6.07, 6.45) is 1.43. The van der Waals surface area contributed by atoms with Crippen LogP contribution in [-0.2, 0) is 0 Å². The number of benzene rings is 2. The molecule has 0 bridgehead atoms. The van der Waals surface area contributed by atoms with Crippen molar-refractivity contribution in [2.45, 2.75) is 0 Å². The van der Waals surface area contributed by atoms with Crippen LogP contribution in [0.1, 0.15) is 5.56 Å². The maximum Gasteiger partial charge on any atom is 0.230 e. The first-order chi connectivity index (χ1) is 9.76. The fourth-order valence-electron chi connectivity index (χ4n) is 1.87. The minimum atomic E-state index is 0.414. The molecule has 1 aromatic heterocycles. The van der Waals surface area contributed by atoms with Crippen LogP contribution in [0.3, 0.4) is 0 Å². The molecule has 0 saturated heterocycles. The van der Waals surface area contributed by atoms with E-state index in [4.69, 9.17) is 15.7 Å². The van der Waals surface area contributed by atoms with Gasteiger partial charge in [-0.05, 0) is 36.4 Å². The van der Waals surface area contributed by atoms with Gasteiger partial charge in [-0.1, -0.05) is 6.07 Å². The highest BCUT2D eigenvalue weighted by molar-refractivity contribution is 5.86. The van der Waals surface area contributed by atoms with Crippen molar-refractivity contribution in [1.82, 2.24) is 9.97 Å². The lowest BCUT2D eigenvalue weighted by Crippen LogP contribution is -1.93. The summed E-state index contributed by atoms with van der Waals surface area (Å²) < 4.78 is 5.73. The normalized spacial score (nSPS) is 10.2. The molecule has 0 unspecified atom stereocenters. The van der Waals surface area contributed by atoms with E-state index in [1.54, 1.807) is 36.4 Å². The van der Waals surface area contributed by atoms with E-state index in [1.807, 2.05) is 6.07 Å². The molecule has 0 fully saturated rings. The smallest absolute Gasteiger partial charge is 0.230 e. The molecule has 0 aliphatic carbocycles. The number of rotatable bonds is 2. The fourth-order valence-corrected chi connectivity index (χ4v) is 1.87. The number of nitrogens with zero attached hydrogens (tertiary/aromatic N) is 3. The molecule has 96 valence electrons. The highest BCUT2D eigenvalue weighted by Gasteiger charge is 2.07. The molecule has 3 rings (SSSR count). The largest absolute Gasteiger partial charge is 0.438 e. The van der Waals surface area contributed by atoms with Gasteiger partial charge in [0.25, 0.3) is 0 Å². The lowest BCUT2D eigenvalue weighted by molar-refractivity contribution is 0.468. The zero-order chi connectivity index (χ0) is 13.9. The zero-order valence-corrected chi connectivity index (χ0v) is 10.4. The van der Waals surface area contributed by atoms with E-state index in [-0.39, 0.29) is 0 Å². The first-order valence-corrected chi connectivity index (χ1v) is 5.94. The van der Waals surface area contributed by atoms with Gasteiger partial charge in [0.2, 0.25) is 5.88 Å². The zero-order valence-electron chi connectivity index (χ0n) is 10.4. The van der Waals surface area contributed by atoms with Gasteiger partial charge >= 0.3 is 0 Å². The molecule has 0 amide bonds. The number of aromatic nitrogens is 2. The van der Waals surface area contributed by atoms with Gasteiger partial charge in [0, 0.05) is 5.69 Å². The Hall–Kier alpha value is -3.13. The Labute approximate surface area is 115 Å². The van der Waals surface area contributed by atoms with Crippen LogP contribution in [0.2, 0.25) is 0 Å². The van der Waals surface area contributed by atoms with Crippen molar-refractivity contribution in [2.24, 2.45) is 0 Å². The second-order valence-electron chi connectivity index (χ2n) is 4.20. The predicted molar refractivity (Wildman–Crippen MR) is 75.2 cm³/mol. The molecule has 0 spiro atoms. The monoisotopic (exact) mass is 262 g/mol. The quantitative estimate of drug-likeness (QED) is 0.718. The Morgan fingerprint density at radius 1 is 1.10 bits per heavy atom. The molecule has 20 heavy (non-hydrogen) atoms. The van der Waals surface area contributed by atoms with E-state index in [0.29, 0.717) is 22.9 Å². The van der Waals surface area contributed by atoms with Crippen LogP contribution in [-0.4, -0.2) is 9.97 Å². The van der Waals surface area contributed by atoms with Crippen LogP contribution in [0.5, 0.6) is 11.6 Å². The standard InChI is InChI=1S/C15H10N4O/c16-8-10-2-1-3-12(6-10)20-15-13-7-11(17)4-5-14(13)18-9-19-15/h1-7,9H,17H2. The molecule has 0 atom stereocenters. The molecule has 0 radical (unpaired) electrons. The summed E-state index contributed by atoms with van der Waals surface area (Å²) in [5, 5.41) is 9.62. The van der Waals surface area contributed by atoms with Crippen LogP contribution >= 0.6 is 0 Å². The van der Waals surface area contributed by atoms with Crippen molar-refractivity contribution in [1.29, 1.82) is 5.26 Å².